The van der Waals surface area contributed by atoms with Gasteiger partial charge in [-0.3, -0.25) is 9.69 Å². The summed E-state index contributed by atoms with van der Waals surface area (Å²) in [5.74, 6) is -0.0810. The van der Waals surface area contributed by atoms with Crippen LogP contribution in [0.5, 0.6) is 0 Å². The fraction of sp³-hybridized carbons (Fsp3) is 0.917. The zero-order valence-electron chi connectivity index (χ0n) is 12.1. The standard InChI is InChI=1S/C12H25N3O3S/c1-9(11(16)14-12(2,3)4)15-7-5-6-10(8-15)19(13,17)18/h9-10H,5-8H2,1-4H3,(H,14,16)(H2,13,17,18). The Morgan fingerprint density at radius 2 is 2.00 bits per heavy atom. The maximum atomic E-state index is 12.1. The highest BCUT2D eigenvalue weighted by molar-refractivity contribution is 7.89. The predicted octanol–water partition coefficient (Wildman–Crippen LogP) is 0.0425. The van der Waals surface area contributed by atoms with Crippen LogP contribution in [0.4, 0.5) is 0 Å². The maximum Gasteiger partial charge on any atom is 0.237 e. The SMILES string of the molecule is CC(C(=O)NC(C)(C)C)N1CCCC(S(N)(=O)=O)C1. The number of piperidine rings is 1. The van der Waals surface area contributed by atoms with Gasteiger partial charge in [0.15, 0.2) is 0 Å². The lowest BCUT2D eigenvalue weighted by molar-refractivity contribution is -0.127. The first-order valence-electron chi connectivity index (χ1n) is 6.58. The summed E-state index contributed by atoms with van der Waals surface area (Å²) in [6.45, 7) is 8.61. The van der Waals surface area contributed by atoms with Crippen molar-refractivity contribution in [3.05, 3.63) is 0 Å². The van der Waals surface area contributed by atoms with E-state index < -0.39 is 15.3 Å². The van der Waals surface area contributed by atoms with Gasteiger partial charge in [-0.2, -0.15) is 0 Å². The summed E-state index contributed by atoms with van der Waals surface area (Å²) in [6, 6.07) is -0.344. The summed E-state index contributed by atoms with van der Waals surface area (Å²) in [5.41, 5.74) is -0.291. The number of hydrogen-bond acceptors (Lipinski definition) is 4. The fourth-order valence-corrected chi connectivity index (χ4v) is 3.12. The van der Waals surface area contributed by atoms with E-state index in [2.05, 4.69) is 5.32 Å². The van der Waals surface area contributed by atoms with E-state index in [-0.39, 0.29) is 17.5 Å². The number of amides is 1. The molecule has 3 N–H and O–H groups in total. The molecule has 0 aromatic heterocycles. The van der Waals surface area contributed by atoms with Gasteiger partial charge in [0, 0.05) is 12.1 Å². The van der Waals surface area contributed by atoms with Crippen molar-refractivity contribution >= 4 is 15.9 Å². The van der Waals surface area contributed by atoms with Crippen LogP contribution in [-0.2, 0) is 14.8 Å². The summed E-state index contributed by atoms with van der Waals surface area (Å²) in [7, 11) is -3.53. The first kappa shape index (κ1) is 16.4. The fourth-order valence-electron chi connectivity index (χ4n) is 2.23. The molecule has 0 radical (unpaired) electrons. The van der Waals surface area contributed by atoms with Gasteiger partial charge in [0.25, 0.3) is 0 Å². The minimum atomic E-state index is -3.53. The van der Waals surface area contributed by atoms with E-state index in [1.807, 2.05) is 25.7 Å². The Morgan fingerprint density at radius 3 is 2.47 bits per heavy atom. The predicted molar refractivity (Wildman–Crippen MR) is 75.1 cm³/mol. The lowest BCUT2D eigenvalue weighted by Crippen LogP contribution is -2.55. The average Bonchev–Trinajstić information content (AvgIpc) is 2.24. The Labute approximate surface area is 115 Å². The van der Waals surface area contributed by atoms with Crippen LogP contribution in [0.1, 0.15) is 40.5 Å². The largest absolute Gasteiger partial charge is 0.350 e. The van der Waals surface area contributed by atoms with E-state index in [4.69, 9.17) is 5.14 Å². The molecular weight excluding hydrogens is 266 g/mol. The molecule has 2 atom stereocenters. The molecule has 7 heteroatoms. The zero-order valence-corrected chi connectivity index (χ0v) is 13.0. The molecule has 0 aliphatic carbocycles. The molecular formula is C12H25N3O3S. The number of primary sulfonamides is 1. The van der Waals surface area contributed by atoms with Crippen LogP contribution < -0.4 is 10.5 Å². The van der Waals surface area contributed by atoms with Crippen LogP contribution in [-0.4, -0.2) is 49.1 Å². The number of likely N-dealkylation sites (tertiary alicyclic amines) is 1. The molecule has 0 aromatic carbocycles. The van der Waals surface area contributed by atoms with Gasteiger partial charge in [0.05, 0.1) is 11.3 Å². The van der Waals surface area contributed by atoms with E-state index in [0.29, 0.717) is 13.0 Å². The zero-order chi connectivity index (χ0) is 14.8. The third-order valence-corrected chi connectivity index (χ3v) is 4.61. The van der Waals surface area contributed by atoms with Crippen LogP contribution in [0.15, 0.2) is 0 Å². The smallest absolute Gasteiger partial charge is 0.237 e. The molecule has 1 amide bonds. The molecule has 1 aliphatic heterocycles. The highest BCUT2D eigenvalue weighted by Crippen LogP contribution is 2.17. The Bertz CT molecular complexity index is 428. The van der Waals surface area contributed by atoms with Crippen LogP contribution in [0.2, 0.25) is 0 Å². The Kier molecular flexibility index (Phi) is 4.97. The van der Waals surface area contributed by atoms with Gasteiger partial charge < -0.3 is 5.32 Å². The summed E-state index contributed by atoms with van der Waals surface area (Å²) in [6.07, 6.45) is 1.32. The van der Waals surface area contributed by atoms with E-state index in [0.717, 1.165) is 13.0 Å². The third kappa shape index (κ3) is 5.08. The summed E-state index contributed by atoms with van der Waals surface area (Å²) >= 11 is 0. The van der Waals surface area contributed by atoms with Gasteiger partial charge in [-0.15, -0.1) is 0 Å². The molecule has 0 aromatic rings. The monoisotopic (exact) mass is 291 g/mol. The van der Waals surface area contributed by atoms with Crippen molar-refractivity contribution in [1.82, 2.24) is 10.2 Å². The third-order valence-electron chi connectivity index (χ3n) is 3.30. The van der Waals surface area contributed by atoms with E-state index >= 15 is 0 Å². The number of nitrogens with zero attached hydrogens (tertiary/aromatic N) is 1. The molecule has 1 rings (SSSR count). The summed E-state index contributed by atoms with van der Waals surface area (Å²) < 4.78 is 22.8. The topological polar surface area (TPSA) is 92.5 Å². The minimum Gasteiger partial charge on any atom is -0.350 e. The van der Waals surface area contributed by atoms with Gasteiger partial charge in [-0.25, -0.2) is 13.6 Å². The molecule has 1 aliphatic rings. The van der Waals surface area contributed by atoms with Crippen molar-refractivity contribution in [3.8, 4) is 0 Å². The molecule has 0 spiro atoms. The number of nitrogens with one attached hydrogen (secondary N) is 1. The molecule has 112 valence electrons. The maximum absolute atomic E-state index is 12.1. The van der Waals surface area contributed by atoms with Gasteiger partial charge in [0.2, 0.25) is 15.9 Å². The number of carbonyl (C=O) groups is 1. The van der Waals surface area contributed by atoms with Crippen molar-refractivity contribution in [2.75, 3.05) is 13.1 Å². The Balaban J connectivity index is 2.67. The number of carbonyl (C=O) groups excluding carboxylic acids is 1. The van der Waals surface area contributed by atoms with Gasteiger partial charge >= 0.3 is 0 Å². The highest BCUT2D eigenvalue weighted by Gasteiger charge is 2.33. The summed E-state index contributed by atoms with van der Waals surface area (Å²) in [5, 5.41) is 7.54. The molecule has 1 saturated heterocycles. The molecule has 1 fully saturated rings. The second kappa shape index (κ2) is 5.76. The van der Waals surface area contributed by atoms with E-state index in [1.165, 1.54) is 0 Å². The second-order valence-electron chi connectivity index (χ2n) is 6.26. The van der Waals surface area contributed by atoms with Crippen molar-refractivity contribution in [3.63, 3.8) is 0 Å². The Morgan fingerprint density at radius 1 is 1.42 bits per heavy atom. The molecule has 1 heterocycles. The van der Waals surface area contributed by atoms with Crippen LogP contribution in [0.3, 0.4) is 0 Å². The van der Waals surface area contributed by atoms with Gasteiger partial charge in [-0.1, -0.05) is 0 Å². The highest BCUT2D eigenvalue weighted by atomic mass is 32.2. The normalized spacial score (nSPS) is 23.9. The average molecular weight is 291 g/mol. The molecule has 2 unspecified atom stereocenters. The summed E-state index contributed by atoms with van der Waals surface area (Å²) in [4.78, 5) is 14.0. The first-order valence-corrected chi connectivity index (χ1v) is 8.19. The molecule has 19 heavy (non-hydrogen) atoms. The minimum absolute atomic E-state index is 0.0810. The first-order chi connectivity index (χ1) is 8.50. The van der Waals surface area contributed by atoms with Crippen LogP contribution in [0.25, 0.3) is 0 Å². The van der Waals surface area contributed by atoms with E-state index in [1.54, 1.807) is 6.92 Å². The van der Waals surface area contributed by atoms with Crippen molar-refractivity contribution < 1.29 is 13.2 Å². The van der Waals surface area contributed by atoms with E-state index in [9.17, 15) is 13.2 Å². The lowest BCUT2D eigenvalue weighted by Gasteiger charge is -2.36. The quantitative estimate of drug-likeness (QED) is 0.768. The number of rotatable bonds is 3. The molecule has 6 nitrogen and oxygen atoms in total. The Hall–Kier alpha value is -0.660. The van der Waals surface area contributed by atoms with Crippen LogP contribution >= 0.6 is 0 Å². The van der Waals surface area contributed by atoms with Crippen molar-refractivity contribution in [1.29, 1.82) is 0 Å². The lowest BCUT2D eigenvalue weighted by atomic mass is 10.1. The second-order valence-corrected chi connectivity index (χ2v) is 8.11. The van der Waals surface area contributed by atoms with Crippen LogP contribution in [0, 0.1) is 0 Å². The van der Waals surface area contributed by atoms with Crippen molar-refractivity contribution in [2.24, 2.45) is 5.14 Å². The van der Waals surface area contributed by atoms with Crippen molar-refractivity contribution in [2.45, 2.75) is 57.4 Å². The molecule has 0 bridgehead atoms. The van der Waals surface area contributed by atoms with Gasteiger partial charge in [-0.05, 0) is 47.1 Å². The number of nitrogens with two attached hydrogens (primary N) is 1. The number of sulfonamides is 1. The number of hydrogen-bond donors (Lipinski definition) is 2. The molecule has 0 saturated carbocycles. The van der Waals surface area contributed by atoms with Gasteiger partial charge in [0.1, 0.15) is 0 Å².